The molecule has 1 amide bonds. The van der Waals surface area contributed by atoms with Crippen LogP contribution in [-0.2, 0) is 4.79 Å². The average molecular weight is 383 g/mol. The highest BCUT2D eigenvalue weighted by Crippen LogP contribution is 2.22. The Bertz CT molecular complexity index is 792. The number of halogens is 1. The maximum atomic E-state index is 12.4. The van der Waals surface area contributed by atoms with E-state index in [9.17, 15) is 25.1 Å². The molecule has 1 aromatic heterocycles. The number of aliphatic hydroxyl groups excluding tert-OH is 2. The molecule has 2 aromatic rings. The van der Waals surface area contributed by atoms with E-state index in [1.54, 1.807) is 13.8 Å². The lowest BCUT2D eigenvalue weighted by atomic mass is 10.0. The molecule has 2 rings (SSSR count). The van der Waals surface area contributed by atoms with Crippen molar-refractivity contribution in [3.8, 4) is 0 Å². The van der Waals surface area contributed by atoms with Gasteiger partial charge in [-0.15, -0.1) is 0 Å². The van der Waals surface area contributed by atoms with Gasteiger partial charge in [0.1, 0.15) is 12.1 Å². The number of nitro benzene ring substituents is 1. The largest absolute Gasteiger partial charge is 0.394 e. The monoisotopic (exact) mass is 382 g/mol. The number of amides is 1. The zero-order valence-corrected chi connectivity index (χ0v) is 14.9. The van der Waals surface area contributed by atoms with Crippen LogP contribution in [0.1, 0.15) is 30.3 Å². The summed E-state index contributed by atoms with van der Waals surface area (Å²) in [6.45, 7) is 2.81. The number of aliphatic hydroxyl groups is 2. The van der Waals surface area contributed by atoms with Gasteiger partial charge in [0.2, 0.25) is 5.91 Å². The number of nitrogens with zero attached hydrogens (tertiary/aromatic N) is 3. The molecule has 1 aromatic carbocycles. The van der Waals surface area contributed by atoms with Crippen molar-refractivity contribution in [2.24, 2.45) is 0 Å². The molecule has 3 unspecified atom stereocenters. The summed E-state index contributed by atoms with van der Waals surface area (Å²) >= 11 is 5.93. The number of nitro groups is 1. The first-order valence-corrected chi connectivity index (χ1v) is 8.17. The number of hydrogen-bond donors (Lipinski definition) is 3. The Morgan fingerprint density at radius 3 is 2.50 bits per heavy atom. The molecule has 0 saturated carbocycles. The van der Waals surface area contributed by atoms with Gasteiger partial charge in [0.15, 0.2) is 0 Å². The van der Waals surface area contributed by atoms with Crippen molar-refractivity contribution in [2.45, 2.75) is 32.0 Å². The molecule has 9 nitrogen and oxygen atoms in total. The lowest BCUT2D eigenvalue weighted by molar-refractivity contribution is -0.384. The maximum absolute atomic E-state index is 12.4. The van der Waals surface area contributed by atoms with E-state index in [0.29, 0.717) is 16.3 Å². The lowest BCUT2D eigenvalue weighted by Crippen LogP contribution is -2.44. The summed E-state index contributed by atoms with van der Waals surface area (Å²) in [5, 5.41) is 37.6. The van der Waals surface area contributed by atoms with E-state index < -0.39 is 35.6 Å². The van der Waals surface area contributed by atoms with Crippen LogP contribution in [0.15, 0.2) is 30.5 Å². The Morgan fingerprint density at radius 1 is 1.42 bits per heavy atom. The zero-order valence-electron chi connectivity index (χ0n) is 14.2. The quantitative estimate of drug-likeness (QED) is 0.491. The number of non-ortho nitro benzene ring substituents is 1. The molecule has 10 heteroatoms. The van der Waals surface area contributed by atoms with E-state index in [2.05, 4.69) is 10.4 Å². The molecule has 26 heavy (non-hydrogen) atoms. The first kappa shape index (κ1) is 19.8. The molecular weight excluding hydrogens is 364 g/mol. The average Bonchev–Trinajstić information content (AvgIpc) is 2.97. The van der Waals surface area contributed by atoms with Crippen molar-refractivity contribution in [1.82, 2.24) is 15.1 Å². The highest BCUT2D eigenvalue weighted by molar-refractivity contribution is 6.31. The van der Waals surface area contributed by atoms with Gasteiger partial charge in [-0.1, -0.05) is 11.6 Å². The van der Waals surface area contributed by atoms with Crippen LogP contribution in [-0.4, -0.2) is 43.5 Å². The van der Waals surface area contributed by atoms with Crippen LogP contribution >= 0.6 is 11.6 Å². The number of hydrogen-bond acceptors (Lipinski definition) is 6. The number of nitrogens with one attached hydrogen (secondary N) is 1. The third kappa shape index (κ3) is 4.18. The van der Waals surface area contributed by atoms with E-state index in [4.69, 9.17) is 11.6 Å². The number of rotatable bonds is 7. The summed E-state index contributed by atoms with van der Waals surface area (Å²) in [7, 11) is 0. The van der Waals surface area contributed by atoms with E-state index >= 15 is 0 Å². The molecule has 0 fully saturated rings. The van der Waals surface area contributed by atoms with Crippen LogP contribution in [0.3, 0.4) is 0 Å². The van der Waals surface area contributed by atoms with Gasteiger partial charge in [0.25, 0.3) is 5.69 Å². The van der Waals surface area contributed by atoms with Gasteiger partial charge in [-0.05, 0) is 31.5 Å². The predicted molar refractivity (Wildman–Crippen MR) is 93.8 cm³/mol. The summed E-state index contributed by atoms with van der Waals surface area (Å²) in [4.78, 5) is 22.6. The molecular formula is C16H19ClN4O5. The highest BCUT2D eigenvalue weighted by atomic mass is 35.5. The Morgan fingerprint density at radius 2 is 2.04 bits per heavy atom. The van der Waals surface area contributed by atoms with Crippen LogP contribution in [0.25, 0.3) is 0 Å². The third-order valence-electron chi connectivity index (χ3n) is 4.08. The topological polar surface area (TPSA) is 131 Å². The molecule has 0 saturated heterocycles. The third-order valence-corrected chi connectivity index (χ3v) is 4.45. The number of carbonyl (C=O) groups is 1. The van der Waals surface area contributed by atoms with E-state index in [0.717, 1.165) is 0 Å². The summed E-state index contributed by atoms with van der Waals surface area (Å²) in [5.41, 5.74) is 0.830. The molecule has 3 N–H and O–H groups in total. The molecule has 0 aliphatic rings. The minimum Gasteiger partial charge on any atom is -0.394 e. The fourth-order valence-corrected chi connectivity index (χ4v) is 2.59. The van der Waals surface area contributed by atoms with Crippen LogP contribution < -0.4 is 5.32 Å². The zero-order chi connectivity index (χ0) is 19.4. The van der Waals surface area contributed by atoms with Gasteiger partial charge < -0.3 is 15.5 Å². The second kappa shape index (κ2) is 8.26. The standard InChI is InChI=1S/C16H19ClN4O5/c1-9-13(17)7-18-20(9)10(2)16(24)19-14(8-22)15(23)11-3-5-12(6-4-11)21(25)26/h3-7,10,14-15,22-23H,8H2,1-2H3,(H,19,24). The van der Waals surface area contributed by atoms with Crippen molar-refractivity contribution in [3.05, 3.63) is 56.9 Å². The Hall–Kier alpha value is -2.49. The van der Waals surface area contributed by atoms with Gasteiger partial charge in [-0.3, -0.25) is 19.6 Å². The van der Waals surface area contributed by atoms with Gasteiger partial charge in [0, 0.05) is 12.1 Å². The molecule has 140 valence electrons. The number of benzene rings is 1. The predicted octanol–water partition coefficient (Wildman–Crippen LogP) is 1.52. The van der Waals surface area contributed by atoms with Crippen LogP contribution in [0.5, 0.6) is 0 Å². The van der Waals surface area contributed by atoms with Gasteiger partial charge in [0.05, 0.1) is 34.5 Å². The first-order chi connectivity index (χ1) is 12.3. The normalized spacial score (nSPS) is 14.5. The van der Waals surface area contributed by atoms with Crippen molar-refractivity contribution >= 4 is 23.2 Å². The molecule has 1 heterocycles. The molecule has 0 aliphatic heterocycles. The van der Waals surface area contributed by atoms with E-state index in [1.165, 1.54) is 35.1 Å². The number of aromatic nitrogens is 2. The van der Waals surface area contributed by atoms with E-state index in [1.807, 2.05) is 0 Å². The van der Waals surface area contributed by atoms with Crippen molar-refractivity contribution < 1.29 is 19.9 Å². The lowest BCUT2D eigenvalue weighted by Gasteiger charge is -2.24. The SMILES string of the molecule is Cc1c(Cl)cnn1C(C)C(=O)NC(CO)C(O)c1ccc([N+](=O)[O-])cc1. The van der Waals surface area contributed by atoms with Crippen molar-refractivity contribution in [3.63, 3.8) is 0 Å². The van der Waals surface area contributed by atoms with Gasteiger partial charge in [-0.25, -0.2) is 0 Å². The molecule has 0 aliphatic carbocycles. The Labute approximate surface area is 154 Å². The van der Waals surface area contributed by atoms with Gasteiger partial charge in [-0.2, -0.15) is 5.10 Å². The highest BCUT2D eigenvalue weighted by Gasteiger charge is 2.26. The second-order valence-corrected chi connectivity index (χ2v) is 6.20. The fraction of sp³-hybridized carbons (Fsp3) is 0.375. The fourth-order valence-electron chi connectivity index (χ4n) is 2.46. The van der Waals surface area contributed by atoms with Crippen LogP contribution in [0.4, 0.5) is 5.69 Å². The maximum Gasteiger partial charge on any atom is 0.269 e. The van der Waals surface area contributed by atoms with Gasteiger partial charge >= 0.3 is 0 Å². The molecule has 0 radical (unpaired) electrons. The summed E-state index contributed by atoms with van der Waals surface area (Å²) in [6, 6.07) is 3.54. The van der Waals surface area contributed by atoms with Crippen molar-refractivity contribution in [1.29, 1.82) is 0 Å². The molecule has 3 atom stereocenters. The van der Waals surface area contributed by atoms with Crippen LogP contribution in [0, 0.1) is 17.0 Å². The minimum absolute atomic E-state index is 0.120. The van der Waals surface area contributed by atoms with Crippen molar-refractivity contribution in [2.75, 3.05) is 6.61 Å². The van der Waals surface area contributed by atoms with E-state index in [-0.39, 0.29) is 5.69 Å². The Kier molecular flexibility index (Phi) is 6.30. The first-order valence-electron chi connectivity index (χ1n) is 7.79. The Balaban J connectivity index is 2.10. The summed E-state index contributed by atoms with van der Waals surface area (Å²) < 4.78 is 1.43. The summed E-state index contributed by atoms with van der Waals surface area (Å²) in [6.07, 6.45) is 0.190. The smallest absolute Gasteiger partial charge is 0.269 e. The molecule has 0 spiro atoms. The molecule has 0 bridgehead atoms. The number of carbonyl (C=O) groups excluding carboxylic acids is 1. The summed E-state index contributed by atoms with van der Waals surface area (Å²) in [5.74, 6) is -0.465. The van der Waals surface area contributed by atoms with Crippen LogP contribution in [0.2, 0.25) is 5.02 Å². The minimum atomic E-state index is -1.24. The second-order valence-electron chi connectivity index (χ2n) is 5.79.